The monoisotopic (exact) mass is 286 g/mol. The fraction of sp³-hybridized carbons (Fsp3) is 0.250. The Morgan fingerprint density at radius 2 is 2.00 bits per heavy atom. The molecule has 0 saturated heterocycles. The van der Waals surface area contributed by atoms with Crippen LogP contribution in [-0.4, -0.2) is 12.0 Å². The molecule has 110 valence electrons. The van der Waals surface area contributed by atoms with Crippen LogP contribution in [0.2, 0.25) is 0 Å². The molecule has 0 saturated carbocycles. The van der Waals surface area contributed by atoms with Crippen LogP contribution in [0.25, 0.3) is 0 Å². The minimum absolute atomic E-state index is 0.0306. The van der Waals surface area contributed by atoms with E-state index in [1.165, 1.54) is 6.07 Å². The Hall–Kier alpha value is -2.56. The van der Waals surface area contributed by atoms with Crippen molar-refractivity contribution in [2.45, 2.75) is 19.9 Å². The summed E-state index contributed by atoms with van der Waals surface area (Å²) in [5, 5.41) is 14.2. The highest BCUT2D eigenvalue weighted by Crippen LogP contribution is 2.26. The van der Waals surface area contributed by atoms with E-state index in [1.54, 1.807) is 19.2 Å². The van der Waals surface area contributed by atoms with Gasteiger partial charge >= 0.3 is 0 Å². The van der Waals surface area contributed by atoms with Gasteiger partial charge in [-0.1, -0.05) is 12.1 Å². The number of rotatable bonds is 5. The number of nitrogens with zero attached hydrogens (tertiary/aromatic N) is 1. The molecule has 2 aromatic carbocycles. The number of benzene rings is 2. The zero-order chi connectivity index (χ0) is 15.4. The highest BCUT2D eigenvalue weighted by molar-refractivity contribution is 5.55. The van der Waals surface area contributed by atoms with Crippen LogP contribution >= 0.6 is 0 Å². The maximum absolute atomic E-state index is 10.8. The van der Waals surface area contributed by atoms with Gasteiger partial charge in [-0.15, -0.1) is 0 Å². The van der Waals surface area contributed by atoms with Gasteiger partial charge in [0.05, 0.1) is 12.0 Å². The molecule has 2 aromatic rings. The molecular formula is C16H18N2O3. The van der Waals surface area contributed by atoms with Crippen LogP contribution in [0.15, 0.2) is 42.5 Å². The van der Waals surface area contributed by atoms with Gasteiger partial charge < -0.3 is 10.1 Å². The summed E-state index contributed by atoms with van der Waals surface area (Å²) in [6.45, 7) is 3.97. The number of nitrogens with one attached hydrogen (secondary N) is 1. The third-order valence-corrected chi connectivity index (χ3v) is 3.39. The highest BCUT2D eigenvalue weighted by Gasteiger charge is 2.11. The van der Waals surface area contributed by atoms with Crippen LogP contribution in [0, 0.1) is 17.0 Å². The highest BCUT2D eigenvalue weighted by atomic mass is 16.6. The number of hydrogen-bond donors (Lipinski definition) is 1. The summed E-state index contributed by atoms with van der Waals surface area (Å²) in [6.07, 6.45) is 0. The fourth-order valence-corrected chi connectivity index (χ4v) is 2.15. The van der Waals surface area contributed by atoms with Gasteiger partial charge in [0, 0.05) is 23.9 Å². The number of aryl methyl sites for hydroxylation is 1. The summed E-state index contributed by atoms with van der Waals surface area (Å²) in [4.78, 5) is 10.4. The third kappa shape index (κ3) is 3.51. The van der Waals surface area contributed by atoms with Crippen molar-refractivity contribution in [2.75, 3.05) is 12.4 Å². The Bertz CT molecular complexity index is 656. The van der Waals surface area contributed by atoms with Crippen molar-refractivity contribution in [3.8, 4) is 5.75 Å². The van der Waals surface area contributed by atoms with Gasteiger partial charge in [0.2, 0.25) is 0 Å². The molecule has 0 heterocycles. The molecule has 0 radical (unpaired) electrons. The Morgan fingerprint density at radius 3 is 2.62 bits per heavy atom. The smallest absolute Gasteiger partial charge is 0.269 e. The predicted molar refractivity (Wildman–Crippen MR) is 82.9 cm³/mol. The van der Waals surface area contributed by atoms with Gasteiger partial charge in [-0.05, 0) is 43.2 Å². The molecule has 2 rings (SSSR count). The standard InChI is InChI=1S/C16H18N2O3/c1-11-9-15(21-3)7-8-16(11)17-12(2)13-5-4-6-14(10-13)18(19)20/h4-10,12,17H,1-3H3. The molecular weight excluding hydrogens is 268 g/mol. The average molecular weight is 286 g/mol. The van der Waals surface area contributed by atoms with Crippen molar-refractivity contribution < 1.29 is 9.66 Å². The molecule has 0 fully saturated rings. The minimum atomic E-state index is -0.380. The number of hydrogen-bond acceptors (Lipinski definition) is 4. The zero-order valence-corrected chi connectivity index (χ0v) is 12.3. The summed E-state index contributed by atoms with van der Waals surface area (Å²) in [5.41, 5.74) is 3.02. The van der Waals surface area contributed by atoms with E-state index < -0.39 is 0 Å². The number of non-ortho nitro benzene ring substituents is 1. The average Bonchev–Trinajstić information content (AvgIpc) is 2.49. The van der Waals surface area contributed by atoms with E-state index >= 15 is 0 Å². The summed E-state index contributed by atoms with van der Waals surface area (Å²) >= 11 is 0. The lowest BCUT2D eigenvalue weighted by Gasteiger charge is -2.18. The first-order valence-electron chi connectivity index (χ1n) is 6.67. The second kappa shape index (κ2) is 6.26. The van der Waals surface area contributed by atoms with Crippen LogP contribution in [-0.2, 0) is 0 Å². The van der Waals surface area contributed by atoms with Crippen molar-refractivity contribution in [1.29, 1.82) is 0 Å². The van der Waals surface area contributed by atoms with Crippen molar-refractivity contribution in [2.24, 2.45) is 0 Å². The number of nitro benzene ring substituents is 1. The minimum Gasteiger partial charge on any atom is -0.497 e. The van der Waals surface area contributed by atoms with E-state index in [0.717, 1.165) is 22.6 Å². The van der Waals surface area contributed by atoms with Gasteiger partial charge in [0.15, 0.2) is 0 Å². The largest absolute Gasteiger partial charge is 0.497 e. The number of methoxy groups -OCH3 is 1. The van der Waals surface area contributed by atoms with Crippen molar-refractivity contribution in [3.05, 3.63) is 63.7 Å². The van der Waals surface area contributed by atoms with E-state index in [0.29, 0.717) is 0 Å². The molecule has 5 nitrogen and oxygen atoms in total. The second-order valence-electron chi connectivity index (χ2n) is 4.90. The molecule has 1 N–H and O–H groups in total. The number of nitro groups is 1. The molecule has 1 atom stereocenters. The molecule has 0 aliphatic heterocycles. The van der Waals surface area contributed by atoms with Crippen molar-refractivity contribution >= 4 is 11.4 Å². The summed E-state index contributed by atoms with van der Waals surface area (Å²) in [5.74, 6) is 0.807. The van der Waals surface area contributed by atoms with Crippen LogP contribution in [0.5, 0.6) is 5.75 Å². The molecule has 1 unspecified atom stereocenters. The maximum Gasteiger partial charge on any atom is 0.269 e. The Kier molecular flexibility index (Phi) is 4.42. The summed E-state index contributed by atoms with van der Waals surface area (Å²) in [6, 6.07) is 12.4. The Labute approximate surface area is 123 Å². The SMILES string of the molecule is COc1ccc(NC(C)c2cccc([N+](=O)[O-])c2)c(C)c1. The first-order valence-corrected chi connectivity index (χ1v) is 6.67. The maximum atomic E-state index is 10.8. The van der Waals surface area contributed by atoms with E-state index in [4.69, 9.17) is 4.74 Å². The molecule has 0 aliphatic rings. The van der Waals surface area contributed by atoms with Gasteiger partial charge in [0.25, 0.3) is 5.69 Å². The van der Waals surface area contributed by atoms with Gasteiger partial charge in [-0.25, -0.2) is 0 Å². The van der Waals surface area contributed by atoms with Gasteiger partial charge in [0.1, 0.15) is 5.75 Å². The third-order valence-electron chi connectivity index (χ3n) is 3.39. The molecule has 0 aliphatic carbocycles. The van der Waals surface area contributed by atoms with Crippen LogP contribution in [0.1, 0.15) is 24.1 Å². The Balaban J connectivity index is 2.19. The molecule has 0 amide bonds. The van der Waals surface area contributed by atoms with Gasteiger partial charge in [-0.3, -0.25) is 10.1 Å². The van der Waals surface area contributed by atoms with Crippen molar-refractivity contribution in [3.63, 3.8) is 0 Å². The Morgan fingerprint density at radius 1 is 1.24 bits per heavy atom. The first kappa shape index (κ1) is 14.8. The lowest BCUT2D eigenvalue weighted by molar-refractivity contribution is -0.384. The lowest BCUT2D eigenvalue weighted by atomic mass is 10.1. The molecule has 0 aromatic heterocycles. The lowest BCUT2D eigenvalue weighted by Crippen LogP contribution is -2.08. The predicted octanol–water partition coefficient (Wildman–Crippen LogP) is 4.08. The van der Waals surface area contributed by atoms with E-state index in [1.807, 2.05) is 38.1 Å². The summed E-state index contributed by atoms with van der Waals surface area (Å²) < 4.78 is 5.18. The van der Waals surface area contributed by atoms with Crippen LogP contribution in [0.3, 0.4) is 0 Å². The molecule has 0 spiro atoms. The van der Waals surface area contributed by atoms with Crippen molar-refractivity contribution in [1.82, 2.24) is 0 Å². The first-order chi connectivity index (χ1) is 10.0. The fourth-order valence-electron chi connectivity index (χ4n) is 2.15. The van der Waals surface area contributed by atoms with E-state index in [2.05, 4.69) is 5.32 Å². The molecule has 0 bridgehead atoms. The molecule has 5 heteroatoms. The van der Waals surface area contributed by atoms with Crippen LogP contribution < -0.4 is 10.1 Å². The topological polar surface area (TPSA) is 64.4 Å². The quantitative estimate of drug-likeness (QED) is 0.664. The van der Waals surface area contributed by atoms with E-state index in [-0.39, 0.29) is 16.7 Å². The van der Waals surface area contributed by atoms with Crippen LogP contribution in [0.4, 0.5) is 11.4 Å². The number of ether oxygens (including phenoxy) is 1. The second-order valence-corrected chi connectivity index (χ2v) is 4.90. The van der Waals surface area contributed by atoms with E-state index in [9.17, 15) is 10.1 Å². The molecule has 21 heavy (non-hydrogen) atoms. The van der Waals surface area contributed by atoms with Gasteiger partial charge in [-0.2, -0.15) is 0 Å². The summed E-state index contributed by atoms with van der Waals surface area (Å²) in [7, 11) is 1.63. The normalized spacial score (nSPS) is 11.8. The zero-order valence-electron chi connectivity index (χ0n) is 12.3. The number of anilines is 1.